The van der Waals surface area contributed by atoms with Gasteiger partial charge in [0.25, 0.3) is 5.91 Å². The minimum atomic E-state index is -0.279. The van der Waals surface area contributed by atoms with Crippen LogP contribution in [-0.2, 0) is 6.54 Å². The number of hydrogen-bond acceptors (Lipinski definition) is 5. The van der Waals surface area contributed by atoms with Crippen molar-refractivity contribution in [1.82, 2.24) is 9.55 Å². The first-order chi connectivity index (χ1) is 13.1. The van der Waals surface area contributed by atoms with Crippen LogP contribution in [0.3, 0.4) is 0 Å². The average molecular weight is 367 g/mol. The van der Waals surface area contributed by atoms with Crippen LogP contribution in [0.25, 0.3) is 0 Å². The Morgan fingerprint density at radius 2 is 1.74 bits per heavy atom. The summed E-state index contributed by atoms with van der Waals surface area (Å²) in [5.41, 5.74) is 1.47. The Morgan fingerprint density at radius 3 is 2.48 bits per heavy atom. The summed E-state index contributed by atoms with van der Waals surface area (Å²) in [6.45, 7) is 0.587. The number of aromatic nitrogens is 2. The molecule has 0 spiro atoms. The monoisotopic (exact) mass is 367 g/mol. The van der Waals surface area contributed by atoms with E-state index in [9.17, 15) is 4.79 Å². The molecule has 7 nitrogen and oxygen atoms in total. The largest absolute Gasteiger partial charge is 0.496 e. The average Bonchev–Trinajstić information content (AvgIpc) is 3.14. The number of carbonyl (C=O) groups excluding carboxylic acids is 1. The summed E-state index contributed by atoms with van der Waals surface area (Å²) in [5.74, 6) is 2.05. The van der Waals surface area contributed by atoms with Crippen LogP contribution in [0.4, 0.5) is 5.82 Å². The van der Waals surface area contributed by atoms with Crippen LogP contribution in [0.2, 0.25) is 0 Å². The van der Waals surface area contributed by atoms with Crippen molar-refractivity contribution in [2.75, 3.05) is 26.6 Å². The Kier molecular flexibility index (Phi) is 5.61. The van der Waals surface area contributed by atoms with Crippen molar-refractivity contribution in [2.45, 2.75) is 6.54 Å². The van der Waals surface area contributed by atoms with Crippen molar-refractivity contribution in [2.24, 2.45) is 0 Å². The van der Waals surface area contributed by atoms with E-state index in [-0.39, 0.29) is 5.91 Å². The van der Waals surface area contributed by atoms with Gasteiger partial charge in [0.15, 0.2) is 17.3 Å². The number of nitrogens with one attached hydrogen (secondary N) is 1. The number of methoxy groups -OCH3 is 3. The van der Waals surface area contributed by atoms with E-state index in [0.717, 1.165) is 11.3 Å². The summed E-state index contributed by atoms with van der Waals surface area (Å²) in [6.07, 6.45) is 3.43. The lowest BCUT2D eigenvalue weighted by atomic mass is 10.2. The number of amides is 1. The van der Waals surface area contributed by atoms with Gasteiger partial charge in [0.2, 0.25) is 0 Å². The number of anilines is 1. The first kappa shape index (κ1) is 18.3. The first-order valence-electron chi connectivity index (χ1n) is 8.31. The summed E-state index contributed by atoms with van der Waals surface area (Å²) in [4.78, 5) is 16.7. The Hall–Kier alpha value is -3.48. The molecule has 0 aliphatic rings. The van der Waals surface area contributed by atoms with Gasteiger partial charge in [-0.05, 0) is 24.3 Å². The van der Waals surface area contributed by atoms with E-state index in [0.29, 0.717) is 29.4 Å². The third-order valence-corrected chi connectivity index (χ3v) is 4.07. The lowest BCUT2D eigenvalue weighted by Gasteiger charge is -2.09. The predicted octanol–water partition coefficient (Wildman–Crippen LogP) is 3.21. The standard InChI is InChI=1S/C20H21N3O4/c1-25-16-7-5-4-6-15(16)11-23-12-19(21-13-23)22-20(24)14-8-9-17(26-2)18(10-14)27-3/h4-10,12-13H,11H2,1-3H3,(H,22,24). The highest BCUT2D eigenvalue weighted by Gasteiger charge is 2.12. The van der Waals surface area contributed by atoms with Gasteiger partial charge >= 0.3 is 0 Å². The lowest BCUT2D eigenvalue weighted by Crippen LogP contribution is -2.12. The van der Waals surface area contributed by atoms with E-state index in [1.165, 1.54) is 7.11 Å². The molecule has 0 radical (unpaired) electrons. The van der Waals surface area contributed by atoms with Gasteiger partial charge in [0, 0.05) is 17.3 Å². The maximum atomic E-state index is 12.5. The van der Waals surface area contributed by atoms with E-state index in [1.807, 2.05) is 28.8 Å². The molecule has 7 heteroatoms. The van der Waals surface area contributed by atoms with Gasteiger partial charge in [-0.2, -0.15) is 0 Å². The van der Waals surface area contributed by atoms with Crippen LogP contribution in [-0.4, -0.2) is 36.8 Å². The molecule has 27 heavy (non-hydrogen) atoms. The Morgan fingerprint density at radius 1 is 1.00 bits per heavy atom. The molecule has 3 aromatic rings. The van der Waals surface area contributed by atoms with Gasteiger partial charge in [-0.25, -0.2) is 4.98 Å². The number of imidazole rings is 1. The first-order valence-corrected chi connectivity index (χ1v) is 8.31. The molecule has 1 N–H and O–H groups in total. The third kappa shape index (κ3) is 4.20. The maximum absolute atomic E-state index is 12.5. The SMILES string of the molecule is COc1ccccc1Cn1cnc(NC(=O)c2ccc(OC)c(OC)c2)c1. The molecule has 0 bridgehead atoms. The molecular weight excluding hydrogens is 346 g/mol. The van der Waals surface area contributed by atoms with Gasteiger partial charge < -0.3 is 24.1 Å². The minimum Gasteiger partial charge on any atom is -0.496 e. The highest BCUT2D eigenvalue weighted by molar-refractivity contribution is 6.04. The molecule has 1 heterocycles. The molecule has 0 unspecified atom stereocenters. The second-order valence-corrected chi connectivity index (χ2v) is 5.77. The quantitative estimate of drug-likeness (QED) is 0.694. The molecule has 0 atom stereocenters. The van der Waals surface area contributed by atoms with E-state index >= 15 is 0 Å². The molecular formula is C20H21N3O4. The second-order valence-electron chi connectivity index (χ2n) is 5.77. The summed E-state index contributed by atoms with van der Waals surface area (Å²) in [5, 5.41) is 2.78. The van der Waals surface area contributed by atoms with Crippen LogP contribution >= 0.6 is 0 Å². The molecule has 0 aliphatic carbocycles. The number of hydrogen-bond donors (Lipinski definition) is 1. The fourth-order valence-electron chi connectivity index (χ4n) is 2.71. The number of carbonyl (C=O) groups is 1. The molecule has 0 fully saturated rings. The summed E-state index contributed by atoms with van der Waals surface area (Å²) < 4.78 is 17.7. The van der Waals surface area contributed by atoms with Gasteiger partial charge in [0.1, 0.15) is 5.75 Å². The fourth-order valence-corrected chi connectivity index (χ4v) is 2.71. The van der Waals surface area contributed by atoms with Crippen molar-refractivity contribution >= 4 is 11.7 Å². The fraction of sp³-hybridized carbons (Fsp3) is 0.200. The number of benzene rings is 2. The number of rotatable bonds is 7. The van der Waals surface area contributed by atoms with E-state index < -0.39 is 0 Å². The molecule has 0 saturated heterocycles. The van der Waals surface area contributed by atoms with Crippen LogP contribution in [0.1, 0.15) is 15.9 Å². The zero-order valence-corrected chi connectivity index (χ0v) is 15.4. The maximum Gasteiger partial charge on any atom is 0.256 e. The molecule has 140 valence electrons. The molecule has 0 saturated carbocycles. The molecule has 2 aromatic carbocycles. The summed E-state index contributed by atoms with van der Waals surface area (Å²) >= 11 is 0. The van der Waals surface area contributed by atoms with Gasteiger partial charge in [-0.15, -0.1) is 0 Å². The highest BCUT2D eigenvalue weighted by atomic mass is 16.5. The Labute approximate surface area is 157 Å². The van der Waals surface area contributed by atoms with Crippen molar-refractivity contribution in [3.05, 3.63) is 66.1 Å². The second kappa shape index (κ2) is 8.27. The topological polar surface area (TPSA) is 74.6 Å². The van der Waals surface area contributed by atoms with Crippen LogP contribution in [0.5, 0.6) is 17.2 Å². The highest BCUT2D eigenvalue weighted by Crippen LogP contribution is 2.27. The van der Waals surface area contributed by atoms with Crippen molar-refractivity contribution in [1.29, 1.82) is 0 Å². The normalized spacial score (nSPS) is 10.3. The van der Waals surface area contributed by atoms with Crippen molar-refractivity contribution < 1.29 is 19.0 Å². The molecule has 0 aliphatic heterocycles. The Bertz CT molecular complexity index is 936. The smallest absolute Gasteiger partial charge is 0.256 e. The third-order valence-electron chi connectivity index (χ3n) is 4.07. The van der Waals surface area contributed by atoms with Gasteiger partial charge in [-0.1, -0.05) is 18.2 Å². The number of ether oxygens (including phenoxy) is 3. The van der Waals surface area contributed by atoms with Gasteiger partial charge in [0.05, 0.1) is 34.2 Å². The van der Waals surface area contributed by atoms with E-state index in [4.69, 9.17) is 14.2 Å². The number of para-hydroxylation sites is 1. The lowest BCUT2D eigenvalue weighted by molar-refractivity contribution is 0.102. The number of nitrogens with zero attached hydrogens (tertiary/aromatic N) is 2. The van der Waals surface area contributed by atoms with Gasteiger partial charge in [-0.3, -0.25) is 4.79 Å². The van der Waals surface area contributed by atoms with E-state index in [2.05, 4.69) is 10.3 Å². The molecule has 1 aromatic heterocycles. The predicted molar refractivity (Wildman–Crippen MR) is 102 cm³/mol. The minimum absolute atomic E-state index is 0.279. The van der Waals surface area contributed by atoms with Crippen molar-refractivity contribution in [3.63, 3.8) is 0 Å². The molecule has 1 amide bonds. The summed E-state index contributed by atoms with van der Waals surface area (Å²) in [6, 6.07) is 12.8. The van der Waals surface area contributed by atoms with Crippen LogP contribution < -0.4 is 19.5 Å². The zero-order valence-electron chi connectivity index (χ0n) is 15.4. The molecule has 3 rings (SSSR count). The zero-order chi connectivity index (χ0) is 19.2. The summed E-state index contributed by atoms with van der Waals surface area (Å²) in [7, 11) is 4.71. The Balaban J connectivity index is 1.71. The van der Waals surface area contributed by atoms with Crippen molar-refractivity contribution in [3.8, 4) is 17.2 Å². The van der Waals surface area contributed by atoms with E-state index in [1.54, 1.807) is 44.9 Å². The van der Waals surface area contributed by atoms with Crippen LogP contribution in [0.15, 0.2) is 55.0 Å². The van der Waals surface area contributed by atoms with Crippen LogP contribution in [0, 0.1) is 0 Å².